The first-order valence-electron chi connectivity index (χ1n) is 7.46. The van der Waals surface area contributed by atoms with Crippen molar-refractivity contribution in [3.8, 4) is 0 Å². The quantitative estimate of drug-likeness (QED) is 0.841. The summed E-state index contributed by atoms with van der Waals surface area (Å²) in [6.07, 6.45) is 3.66. The molecule has 6 nitrogen and oxygen atoms in total. The van der Waals surface area contributed by atoms with Gasteiger partial charge in [0.15, 0.2) is 0 Å². The van der Waals surface area contributed by atoms with Crippen LogP contribution in [0.1, 0.15) is 32.6 Å². The summed E-state index contributed by atoms with van der Waals surface area (Å²) in [5.74, 6) is -0.866. The fraction of sp³-hybridized carbons (Fsp3) is 0.857. The number of urea groups is 1. The van der Waals surface area contributed by atoms with E-state index in [1.54, 1.807) is 7.05 Å². The molecule has 0 spiro atoms. The van der Waals surface area contributed by atoms with Crippen LogP contribution in [-0.4, -0.2) is 77.1 Å². The maximum absolute atomic E-state index is 12.4. The fourth-order valence-electron chi connectivity index (χ4n) is 3.20. The molecular weight excluding hydrogens is 258 g/mol. The monoisotopic (exact) mass is 283 g/mol. The molecule has 2 aliphatic rings. The van der Waals surface area contributed by atoms with Gasteiger partial charge in [-0.05, 0) is 26.3 Å². The molecule has 20 heavy (non-hydrogen) atoms. The van der Waals surface area contributed by atoms with E-state index in [4.69, 9.17) is 5.11 Å². The Morgan fingerprint density at radius 2 is 2.05 bits per heavy atom. The topological polar surface area (TPSA) is 64.1 Å². The van der Waals surface area contributed by atoms with Crippen LogP contribution in [0.15, 0.2) is 0 Å². The van der Waals surface area contributed by atoms with Gasteiger partial charge in [-0.2, -0.15) is 0 Å². The normalized spacial score (nSPS) is 27.0. The van der Waals surface area contributed by atoms with Crippen LogP contribution in [0, 0.1) is 0 Å². The molecule has 2 amide bonds. The van der Waals surface area contributed by atoms with Gasteiger partial charge in [-0.25, -0.2) is 4.79 Å². The lowest BCUT2D eigenvalue weighted by Gasteiger charge is -2.48. The summed E-state index contributed by atoms with van der Waals surface area (Å²) < 4.78 is 0. The molecule has 1 N–H and O–H groups in total. The van der Waals surface area contributed by atoms with Crippen molar-refractivity contribution in [3.63, 3.8) is 0 Å². The summed E-state index contributed by atoms with van der Waals surface area (Å²) in [6.45, 7) is 5.20. The lowest BCUT2D eigenvalue weighted by atomic mass is 9.97. The van der Waals surface area contributed by atoms with Crippen molar-refractivity contribution in [1.82, 2.24) is 14.7 Å². The third-order valence-corrected chi connectivity index (χ3v) is 4.42. The average molecular weight is 283 g/mol. The number of hydrogen-bond donors (Lipinski definition) is 1. The van der Waals surface area contributed by atoms with Crippen LogP contribution in [0.25, 0.3) is 0 Å². The van der Waals surface area contributed by atoms with Gasteiger partial charge in [-0.15, -0.1) is 0 Å². The number of aliphatic carboxylic acids is 1. The van der Waals surface area contributed by atoms with Crippen LogP contribution in [0.3, 0.4) is 0 Å². The van der Waals surface area contributed by atoms with E-state index in [9.17, 15) is 9.59 Å². The predicted octanol–water partition coefficient (Wildman–Crippen LogP) is 1.07. The summed E-state index contributed by atoms with van der Waals surface area (Å²) in [5, 5.41) is 8.70. The molecule has 2 unspecified atom stereocenters. The Labute approximate surface area is 120 Å². The molecule has 2 atom stereocenters. The van der Waals surface area contributed by atoms with E-state index in [0.29, 0.717) is 6.04 Å². The average Bonchev–Trinajstić information content (AvgIpc) is 2.43. The van der Waals surface area contributed by atoms with Crippen LogP contribution >= 0.6 is 0 Å². The Kier molecular flexibility index (Phi) is 4.86. The molecule has 0 aromatic rings. The van der Waals surface area contributed by atoms with Gasteiger partial charge in [0.1, 0.15) is 0 Å². The maximum atomic E-state index is 12.4. The molecule has 2 aliphatic heterocycles. The lowest BCUT2D eigenvalue weighted by molar-refractivity contribution is -0.137. The van der Waals surface area contributed by atoms with Crippen molar-refractivity contribution in [3.05, 3.63) is 0 Å². The Bertz CT molecular complexity index is 375. The van der Waals surface area contributed by atoms with E-state index < -0.39 is 5.97 Å². The second kappa shape index (κ2) is 6.43. The van der Waals surface area contributed by atoms with Crippen molar-refractivity contribution in [1.29, 1.82) is 0 Å². The van der Waals surface area contributed by atoms with Crippen molar-refractivity contribution in [2.45, 2.75) is 44.7 Å². The molecule has 114 valence electrons. The summed E-state index contributed by atoms with van der Waals surface area (Å²) in [7, 11) is 1.69. The third-order valence-electron chi connectivity index (χ3n) is 4.42. The van der Waals surface area contributed by atoms with Crippen LogP contribution < -0.4 is 0 Å². The second-order valence-electron chi connectivity index (χ2n) is 5.99. The largest absolute Gasteiger partial charge is 0.481 e. The maximum Gasteiger partial charge on any atom is 0.320 e. The van der Waals surface area contributed by atoms with Crippen LogP contribution in [-0.2, 0) is 4.79 Å². The van der Waals surface area contributed by atoms with Crippen LogP contribution in [0.4, 0.5) is 4.79 Å². The highest BCUT2D eigenvalue weighted by Crippen LogP contribution is 2.24. The molecule has 6 heteroatoms. The first kappa shape index (κ1) is 15.1. The highest BCUT2D eigenvalue weighted by Gasteiger charge is 2.36. The van der Waals surface area contributed by atoms with Gasteiger partial charge in [-0.3, -0.25) is 9.69 Å². The lowest BCUT2D eigenvalue weighted by Crippen LogP contribution is -2.61. The minimum absolute atomic E-state index is 0.0000144. The van der Waals surface area contributed by atoms with E-state index in [-0.39, 0.29) is 25.0 Å². The number of piperazine rings is 1. The van der Waals surface area contributed by atoms with Gasteiger partial charge < -0.3 is 14.9 Å². The summed E-state index contributed by atoms with van der Waals surface area (Å²) in [6, 6.07) is 0.643. The Morgan fingerprint density at radius 3 is 2.75 bits per heavy atom. The zero-order valence-corrected chi connectivity index (χ0v) is 12.4. The number of fused-ring (bicyclic) bond motifs is 1. The van der Waals surface area contributed by atoms with Gasteiger partial charge in [0.05, 0.1) is 6.42 Å². The molecule has 0 aromatic carbocycles. The number of rotatable bonds is 3. The summed E-state index contributed by atoms with van der Waals surface area (Å²) in [5.41, 5.74) is 0. The molecule has 2 heterocycles. The summed E-state index contributed by atoms with van der Waals surface area (Å²) >= 11 is 0. The number of hydrogen-bond acceptors (Lipinski definition) is 3. The number of carboxylic acid groups (broad SMARTS) is 1. The minimum Gasteiger partial charge on any atom is -0.481 e. The van der Waals surface area contributed by atoms with Crippen LogP contribution in [0.2, 0.25) is 0 Å². The summed E-state index contributed by atoms with van der Waals surface area (Å²) in [4.78, 5) is 29.0. The minimum atomic E-state index is -0.866. The van der Waals surface area contributed by atoms with E-state index in [2.05, 4.69) is 11.8 Å². The second-order valence-corrected chi connectivity index (χ2v) is 5.99. The van der Waals surface area contributed by atoms with E-state index in [0.717, 1.165) is 26.1 Å². The van der Waals surface area contributed by atoms with Crippen molar-refractivity contribution in [2.24, 2.45) is 0 Å². The van der Waals surface area contributed by atoms with Crippen molar-refractivity contribution in [2.75, 3.05) is 33.2 Å². The molecule has 0 radical (unpaired) electrons. The highest BCUT2D eigenvalue weighted by atomic mass is 16.4. The highest BCUT2D eigenvalue weighted by molar-refractivity contribution is 5.75. The fourth-order valence-corrected chi connectivity index (χ4v) is 3.20. The standard InChI is InChI=1S/C14H25N3O3/c1-11-9-16-7-4-3-5-12(16)10-17(11)14(20)15(2)8-6-13(18)19/h11-12H,3-10H2,1-2H3,(H,18,19). The first-order valence-corrected chi connectivity index (χ1v) is 7.46. The Morgan fingerprint density at radius 1 is 1.30 bits per heavy atom. The first-order chi connectivity index (χ1) is 9.49. The van der Waals surface area contributed by atoms with E-state index in [1.807, 2.05) is 4.90 Å². The Hall–Kier alpha value is -1.30. The molecule has 2 saturated heterocycles. The van der Waals surface area contributed by atoms with Gasteiger partial charge in [0.2, 0.25) is 0 Å². The molecule has 0 aromatic heterocycles. The van der Waals surface area contributed by atoms with E-state index in [1.165, 1.54) is 17.7 Å². The van der Waals surface area contributed by atoms with Gasteiger partial charge >= 0.3 is 12.0 Å². The molecule has 0 aliphatic carbocycles. The van der Waals surface area contributed by atoms with E-state index >= 15 is 0 Å². The zero-order chi connectivity index (χ0) is 14.7. The number of carboxylic acids is 1. The Balaban J connectivity index is 1.93. The zero-order valence-electron chi connectivity index (χ0n) is 12.4. The molecule has 2 fully saturated rings. The number of nitrogens with zero attached hydrogens (tertiary/aromatic N) is 3. The van der Waals surface area contributed by atoms with Crippen LogP contribution in [0.5, 0.6) is 0 Å². The smallest absolute Gasteiger partial charge is 0.320 e. The number of piperidine rings is 1. The van der Waals surface area contributed by atoms with Crippen molar-refractivity contribution < 1.29 is 14.7 Å². The SMILES string of the molecule is CC1CN2CCCCC2CN1C(=O)N(C)CCC(=O)O. The van der Waals surface area contributed by atoms with Gasteiger partial charge in [0.25, 0.3) is 0 Å². The third kappa shape index (κ3) is 3.42. The molecule has 0 bridgehead atoms. The number of carbonyl (C=O) groups excluding carboxylic acids is 1. The number of carbonyl (C=O) groups is 2. The van der Waals surface area contributed by atoms with Gasteiger partial charge in [-0.1, -0.05) is 6.42 Å². The molecule has 0 saturated carbocycles. The molecular formula is C14H25N3O3. The number of amides is 2. The van der Waals surface area contributed by atoms with Gasteiger partial charge in [0, 0.05) is 38.8 Å². The van der Waals surface area contributed by atoms with Crippen molar-refractivity contribution >= 4 is 12.0 Å². The predicted molar refractivity (Wildman–Crippen MR) is 75.7 cm³/mol. The molecule has 2 rings (SSSR count).